The number of hydrogen-bond acceptors (Lipinski definition) is 2. The number of rotatable bonds is 5. The van der Waals surface area contributed by atoms with Crippen LogP contribution in [0.5, 0.6) is 11.5 Å². The summed E-state index contributed by atoms with van der Waals surface area (Å²) < 4.78 is 5.87. The van der Waals surface area contributed by atoms with E-state index in [1.54, 1.807) is 24.3 Å². The molecule has 3 heteroatoms. The molecule has 2 rings (SSSR count). The highest BCUT2D eigenvalue weighted by atomic mass is 16.5. The molecule has 1 atom stereocenters. The maximum Gasteiger partial charge on any atom is 0.335 e. The van der Waals surface area contributed by atoms with Crippen molar-refractivity contribution in [2.45, 2.75) is 26.2 Å². The summed E-state index contributed by atoms with van der Waals surface area (Å²) >= 11 is 0. The molecule has 104 valence electrons. The standard InChI is InChI=1S/C17H18O3/c1-3-12(2)15-6-4-5-7-16(15)20-14-10-8-13(9-11-14)17(18)19/h4-12H,3H2,1-2H3,(H,18,19). The first-order valence-electron chi connectivity index (χ1n) is 6.72. The van der Waals surface area contributed by atoms with Gasteiger partial charge in [0.05, 0.1) is 5.56 Å². The zero-order chi connectivity index (χ0) is 14.5. The lowest BCUT2D eigenvalue weighted by Gasteiger charge is -2.15. The minimum absolute atomic E-state index is 0.257. The van der Waals surface area contributed by atoms with Crippen molar-refractivity contribution in [2.75, 3.05) is 0 Å². The van der Waals surface area contributed by atoms with Gasteiger partial charge in [0.1, 0.15) is 11.5 Å². The Hall–Kier alpha value is -2.29. The van der Waals surface area contributed by atoms with Crippen LogP contribution in [0.25, 0.3) is 0 Å². The van der Waals surface area contributed by atoms with E-state index in [4.69, 9.17) is 9.84 Å². The van der Waals surface area contributed by atoms with Crippen LogP contribution >= 0.6 is 0 Å². The van der Waals surface area contributed by atoms with Gasteiger partial charge < -0.3 is 9.84 Å². The molecular weight excluding hydrogens is 252 g/mol. The van der Waals surface area contributed by atoms with Gasteiger partial charge >= 0.3 is 5.97 Å². The molecule has 0 amide bonds. The first-order chi connectivity index (χ1) is 9.61. The van der Waals surface area contributed by atoms with Crippen LogP contribution in [0, 0.1) is 0 Å². The van der Waals surface area contributed by atoms with Crippen molar-refractivity contribution in [3.63, 3.8) is 0 Å². The molecule has 0 bridgehead atoms. The summed E-state index contributed by atoms with van der Waals surface area (Å²) in [6.45, 7) is 4.30. The second kappa shape index (κ2) is 6.24. The Morgan fingerprint density at radius 1 is 1.15 bits per heavy atom. The summed E-state index contributed by atoms with van der Waals surface area (Å²) in [5.41, 5.74) is 1.42. The van der Waals surface area contributed by atoms with Crippen LogP contribution in [0.3, 0.4) is 0 Å². The van der Waals surface area contributed by atoms with E-state index in [2.05, 4.69) is 19.9 Å². The lowest BCUT2D eigenvalue weighted by Crippen LogP contribution is -1.97. The molecule has 20 heavy (non-hydrogen) atoms. The fourth-order valence-electron chi connectivity index (χ4n) is 1.99. The number of hydrogen-bond donors (Lipinski definition) is 1. The smallest absolute Gasteiger partial charge is 0.335 e. The van der Waals surface area contributed by atoms with E-state index in [1.165, 1.54) is 0 Å². The van der Waals surface area contributed by atoms with E-state index in [0.29, 0.717) is 11.7 Å². The monoisotopic (exact) mass is 270 g/mol. The van der Waals surface area contributed by atoms with Crippen LogP contribution in [-0.2, 0) is 0 Å². The summed E-state index contributed by atoms with van der Waals surface area (Å²) in [6, 6.07) is 14.4. The lowest BCUT2D eigenvalue weighted by molar-refractivity contribution is 0.0697. The van der Waals surface area contributed by atoms with Crippen molar-refractivity contribution in [3.8, 4) is 11.5 Å². The van der Waals surface area contributed by atoms with Gasteiger partial charge in [0.2, 0.25) is 0 Å². The van der Waals surface area contributed by atoms with Gasteiger partial charge in [0.15, 0.2) is 0 Å². The fourth-order valence-corrected chi connectivity index (χ4v) is 1.99. The lowest BCUT2D eigenvalue weighted by atomic mass is 9.98. The largest absolute Gasteiger partial charge is 0.478 e. The number of carboxylic acid groups (broad SMARTS) is 1. The Morgan fingerprint density at radius 3 is 2.40 bits per heavy atom. The molecule has 0 saturated carbocycles. The van der Waals surface area contributed by atoms with E-state index < -0.39 is 5.97 Å². The second-order valence-corrected chi connectivity index (χ2v) is 4.78. The third-order valence-corrected chi connectivity index (χ3v) is 3.39. The van der Waals surface area contributed by atoms with Crippen LogP contribution in [0.1, 0.15) is 42.1 Å². The average Bonchev–Trinajstić information content (AvgIpc) is 2.47. The molecule has 0 aliphatic rings. The van der Waals surface area contributed by atoms with E-state index in [0.717, 1.165) is 17.7 Å². The predicted molar refractivity (Wildman–Crippen MR) is 78.6 cm³/mol. The van der Waals surface area contributed by atoms with E-state index in [9.17, 15) is 4.79 Å². The molecule has 1 N–H and O–H groups in total. The fraction of sp³-hybridized carbons (Fsp3) is 0.235. The third kappa shape index (κ3) is 3.18. The number of carboxylic acids is 1. The molecule has 2 aromatic carbocycles. The first kappa shape index (κ1) is 14.1. The van der Waals surface area contributed by atoms with Crippen molar-refractivity contribution < 1.29 is 14.6 Å². The van der Waals surface area contributed by atoms with Gasteiger partial charge in [-0.15, -0.1) is 0 Å². The molecule has 0 aliphatic carbocycles. The van der Waals surface area contributed by atoms with Crippen LogP contribution in [0.2, 0.25) is 0 Å². The molecule has 0 spiro atoms. The van der Waals surface area contributed by atoms with Crippen LogP contribution < -0.4 is 4.74 Å². The Kier molecular flexibility index (Phi) is 4.41. The Balaban J connectivity index is 2.23. The maximum absolute atomic E-state index is 10.8. The van der Waals surface area contributed by atoms with Crippen LogP contribution in [0.15, 0.2) is 48.5 Å². The molecule has 0 aliphatic heterocycles. The van der Waals surface area contributed by atoms with Crippen LogP contribution in [0.4, 0.5) is 0 Å². The first-order valence-corrected chi connectivity index (χ1v) is 6.72. The SMILES string of the molecule is CCC(C)c1ccccc1Oc1ccc(C(=O)O)cc1. The zero-order valence-electron chi connectivity index (χ0n) is 11.7. The maximum atomic E-state index is 10.8. The highest BCUT2D eigenvalue weighted by Crippen LogP contribution is 2.31. The van der Waals surface area contributed by atoms with Gasteiger partial charge in [-0.3, -0.25) is 0 Å². The third-order valence-electron chi connectivity index (χ3n) is 3.39. The minimum atomic E-state index is -0.934. The van der Waals surface area contributed by atoms with Gasteiger partial charge in [-0.05, 0) is 48.2 Å². The summed E-state index contributed by atoms with van der Waals surface area (Å²) in [5.74, 6) is 0.955. The highest BCUT2D eigenvalue weighted by molar-refractivity contribution is 5.87. The van der Waals surface area contributed by atoms with Crippen molar-refractivity contribution in [1.29, 1.82) is 0 Å². The van der Waals surface area contributed by atoms with E-state index >= 15 is 0 Å². The molecule has 1 unspecified atom stereocenters. The second-order valence-electron chi connectivity index (χ2n) is 4.78. The van der Waals surface area contributed by atoms with Gasteiger partial charge in [-0.1, -0.05) is 32.0 Å². The van der Waals surface area contributed by atoms with Gasteiger partial charge in [-0.25, -0.2) is 4.79 Å². The number of benzene rings is 2. The van der Waals surface area contributed by atoms with Gasteiger partial charge in [0, 0.05) is 0 Å². The average molecular weight is 270 g/mol. The molecular formula is C17H18O3. The number of para-hydroxylation sites is 1. The van der Waals surface area contributed by atoms with Gasteiger partial charge in [-0.2, -0.15) is 0 Å². The van der Waals surface area contributed by atoms with Crippen molar-refractivity contribution in [1.82, 2.24) is 0 Å². The quantitative estimate of drug-likeness (QED) is 0.857. The van der Waals surface area contributed by atoms with E-state index in [-0.39, 0.29) is 5.56 Å². The number of aromatic carboxylic acids is 1. The minimum Gasteiger partial charge on any atom is -0.478 e. The molecule has 0 aromatic heterocycles. The number of ether oxygens (including phenoxy) is 1. The summed E-state index contributed by atoms with van der Waals surface area (Å²) in [4.78, 5) is 10.8. The molecule has 2 aromatic rings. The normalized spacial score (nSPS) is 11.9. The zero-order valence-corrected chi connectivity index (χ0v) is 11.7. The Bertz CT molecular complexity index is 587. The topological polar surface area (TPSA) is 46.5 Å². The summed E-state index contributed by atoms with van der Waals surface area (Å²) in [6.07, 6.45) is 1.04. The highest BCUT2D eigenvalue weighted by Gasteiger charge is 2.10. The van der Waals surface area contributed by atoms with Crippen molar-refractivity contribution in [2.24, 2.45) is 0 Å². The summed E-state index contributed by atoms with van der Waals surface area (Å²) in [7, 11) is 0. The van der Waals surface area contributed by atoms with Crippen molar-refractivity contribution in [3.05, 3.63) is 59.7 Å². The molecule has 3 nitrogen and oxygen atoms in total. The van der Waals surface area contributed by atoms with Crippen LogP contribution in [-0.4, -0.2) is 11.1 Å². The Labute approximate surface area is 118 Å². The molecule has 0 saturated heterocycles. The predicted octanol–water partition coefficient (Wildman–Crippen LogP) is 4.69. The number of carbonyl (C=O) groups is 1. The molecule has 0 fully saturated rings. The van der Waals surface area contributed by atoms with E-state index in [1.807, 2.05) is 18.2 Å². The van der Waals surface area contributed by atoms with Gasteiger partial charge in [0.25, 0.3) is 0 Å². The summed E-state index contributed by atoms with van der Waals surface area (Å²) in [5, 5.41) is 8.87. The Morgan fingerprint density at radius 2 is 1.80 bits per heavy atom. The molecule has 0 radical (unpaired) electrons. The van der Waals surface area contributed by atoms with Crippen molar-refractivity contribution >= 4 is 5.97 Å². The molecule has 0 heterocycles.